The van der Waals surface area contributed by atoms with Crippen LogP contribution in [0.25, 0.3) is 0 Å². The maximum Gasteiger partial charge on any atom is 0.127 e. The zero-order chi connectivity index (χ0) is 14.9. The molecule has 0 radical (unpaired) electrons. The van der Waals surface area contributed by atoms with Crippen LogP contribution in [-0.4, -0.2) is 7.05 Å². The number of aryl methyl sites for hydroxylation is 1. The topological polar surface area (TPSA) is 12.0 Å². The number of rotatable bonds is 3. The van der Waals surface area contributed by atoms with Crippen molar-refractivity contribution in [3.8, 4) is 0 Å². The van der Waals surface area contributed by atoms with Gasteiger partial charge in [-0.15, -0.1) is 0 Å². The van der Waals surface area contributed by atoms with Crippen molar-refractivity contribution in [1.29, 1.82) is 0 Å². The van der Waals surface area contributed by atoms with Gasteiger partial charge in [-0.2, -0.15) is 0 Å². The highest BCUT2D eigenvalue weighted by molar-refractivity contribution is 9.10. The molecule has 2 aromatic carbocycles. The van der Waals surface area contributed by atoms with Crippen LogP contribution in [0.3, 0.4) is 0 Å². The molecule has 1 unspecified atom stereocenters. The molecule has 0 saturated heterocycles. The summed E-state index contributed by atoms with van der Waals surface area (Å²) in [6.07, 6.45) is 0. The third kappa shape index (κ3) is 3.34. The van der Waals surface area contributed by atoms with Gasteiger partial charge in [0.25, 0.3) is 0 Å². The normalized spacial score (nSPS) is 12.5. The Morgan fingerprint density at radius 3 is 2.45 bits per heavy atom. The lowest BCUT2D eigenvalue weighted by atomic mass is 9.97. The van der Waals surface area contributed by atoms with E-state index in [0.29, 0.717) is 15.6 Å². The second kappa shape index (κ2) is 6.44. The molecule has 2 rings (SSSR count). The summed E-state index contributed by atoms with van der Waals surface area (Å²) in [5, 5.41) is 4.21. The monoisotopic (exact) mass is 375 g/mol. The summed E-state index contributed by atoms with van der Waals surface area (Å²) >= 11 is 15.7. The Labute approximate surface area is 136 Å². The molecule has 0 spiro atoms. The summed E-state index contributed by atoms with van der Waals surface area (Å²) < 4.78 is 14.4. The van der Waals surface area contributed by atoms with Crippen molar-refractivity contribution in [3.63, 3.8) is 0 Å². The highest BCUT2D eigenvalue weighted by atomic mass is 79.9. The highest BCUT2D eigenvalue weighted by Crippen LogP contribution is 2.32. The lowest BCUT2D eigenvalue weighted by Gasteiger charge is -2.20. The lowest BCUT2D eigenvalue weighted by molar-refractivity contribution is 0.614. The van der Waals surface area contributed by atoms with Gasteiger partial charge in [0.05, 0.1) is 6.04 Å². The number of nitrogens with one attached hydrogen (secondary N) is 1. The Kier molecular flexibility index (Phi) is 5.08. The first kappa shape index (κ1) is 15.8. The van der Waals surface area contributed by atoms with Gasteiger partial charge in [-0.1, -0.05) is 39.1 Å². The average molecular weight is 377 g/mol. The third-order valence-corrected chi connectivity index (χ3v) is 4.10. The van der Waals surface area contributed by atoms with Crippen LogP contribution >= 0.6 is 39.1 Å². The second-order valence-electron chi connectivity index (χ2n) is 4.55. The fourth-order valence-corrected chi connectivity index (χ4v) is 3.29. The van der Waals surface area contributed by atoms with Gasteiger partial charge >= 0.3 is 0 Å². The van der Waals surface area contributed by atoms with Crippen LogP contribution in [0.2, 0.25) is 10.0 Å². The van der Waals surface area contributed by atoms with Crippen molar-refractivity contribution in [2.75, 3.05) is 7.05 Å². The first-order valence-corrected chi connectivity index (χ1v) is 7.56. The van der Waals surface area contributed by atoms with E-state index in [-0.39, 0.29) is 11.9 Å². The fraction of sp³-hybridized carbons (Fsp3) is 0.200. The summed E-state index contributed by atoms with van der Waals surface area (Å²) in [6.45, 7) is 1.72. The second-order valence-corrected chi connectivity index (χ2v) is 6.31. The third-order valence-electron chi connectivity index (χ3n) is 3.10. The Morgan fingerprint density at radius 2 is 1.85 bits per heavy atom. The molecule has 1 atom stereocenters. The van der Waals surface area contributed by atoms with Gasteiger partial charge in [0.2, 0.25) is 0 Å². The minimum absolute atomic E-state index is 0.156. The van der Waals surface area contributed by atoms with Crippen molar-refractivity contribution in [1.82, 2.24) is 5.32 Å². The smallest absolute Gasteiger partial charge is 0.127 e. The van der Waals surface area contributed by atoms with Gasteiger partial charge < -0.3 is 5.32 Å². The molecule has 2 aromatic rings. The summed E-state index contributed by atoms with van der Waals surface area (Å²) in [5.41, 5.74) is 2.34. The molecule has 0 aromatic heterocycles. The molecule has 0 saturated carbocycles. The van der Waals surface area contributed by atoms with Crippen molar-refractivity contribution in [3.05, 3.63) is 67.4 Å². The van der Waals surface area contributed by atoms with Crippen LogP contribution in [-0.2, 0) is 0 Å². The first-order chi connectivity index (χ1) is 9.42. The van der Waals surface area contributed by atoms with Gasteiger partial charge in [0.15, 0.2) is 0 Å². The summed E-state index contributed by atoms with van der Waals surface area (Å²) in [5.74, 6) is -0.305. The van der Waals surface area contributed by atoms with Gasteiger partial charge in [0, 0.05) is 14.5 Å². The molecule has 0 bridgehead atoms. The molecule has 106 valence electrons. The Balaban J connectivity index is 2.55. The molecular formula is C15H13BrCl2FN. The van der Waals surface area contributed by atoms with Gasteiger partial charge in [-0.25, -0.2) is 4.39 Å². The van der Waals surface area contributed by atoms with Gasteiger partial charge in [-0.05, 0) is 61.0 Å². The fourth-order valence-electron chi connectivity index (χ4n) is 2.14. The van der Waals surface area contributed by atoms with Crippen molar-refractivity contribution in [2.45, 2.75) is 13.0 Å². The molecule has 0 amide bonds. The van der Waals surface area contributed by atoms with E-state index in [4.69, 9.17) is 23.2 Å². The molecule has 5 heteroatoms. The van der Waals surface area contributed by atoms with Crippen LogP contribution in [0, 0.1) is 12.7 Å². The van der Waals surface area contributed by atoms with E-state index in [2.05, 4.69) is 21.2 Å². The molecule has 20 heavy (non-hydrogen) atoms. The van der Waals surface area contributed by atoms with Crippen LogP contribution < -0.4 is 5.32 Å². The largest absolute Gasteiger partial charge is 0.309 e. The molecular weight excluding hydrogens is 364 g/mol. The predicted molar refractivity (Wildman–Crippen MR) is 86.2 cm³/mol. The summed E-state index contributed by atoms with van der Waals surface area (Å²) in [7, 11) is 1.83. The van der Waals surface area contributed by atoms with E-state index >= 15 is 0 Å². The average Bonchev–Trinajstić information content (AvgIpc) is 2.35. The summed E-state index contributed by atoms with van der Waals surface area (Å²) in [4.78, 5) is 0. The standard InChI is InChI=1S/C15H13BrCl2FN/c1-8-3-12(13(18)7-14(8)19)15(20-2)9-4-10(16)6-11(17)5-9/h3-7,15,20H,1-2H3. The zero-order valence-corrected chi connectivity index (χ0v) is 14.1. The minimum Gasteiger partial charge on any atom is -0.309 e. The SMILES string of the molecule is CNC(c1cc(Cl)cc(Br)c1)c1cc(C)c(F)cc1Cl. The molecule has 0 heterocycles. The molecule has 0 aliphatic rings. The highest BCUT2D eigenvalue weighted by Gasteiger charge is 2.18. The maximum atomic E-state index is 13.5. The lowest BCUT2D eigenvalue weighted by Crippen LogP contribution is -2.18. The minimum atomic E-state index is -0.305. The van der Waals surface area contributed by atoms with E-state index in [1.54, 1.807) is 13.0 Å². The number of hydrogen-bond donors (Lipinski definition) is 1. The molecule has 1 nitrogen and oxygen atoms in total. The molecule has 1 N–H and O–H groups in total. The van der Waals surface area contributed by atoms with Crippen molar-refractivity contribution in [2.24, 2.45) is 0 Å². The number of benzene rings is 2. The van der Waals surface area contributed by atoms with Gasteiger partial charge in [0.1, 0.15) is 5.82 Å². The first-order valence-electron chi connectivity index (χ1n) is 6.01. The summed E-state index contributed by atoms with van der Waals surface area (Å²) in [6, 6.07) is 8.58. The van der Waals surface area contributed by atoms with Crippen LogP contribution in [0.4, 0.5) is 4.39 Å². The molecule has 0 aliphatic carbocycles. The molecule has 0 fully saturated rings. The Hall–Kier alpha value is -0.610. The number of halogens is 4. The zero-order valence-electron chi connectivity index (χ0n) is 11.0. The molecule has 0 aliphatic heterocycles. The van der Waals surface area contributed by atoms with E-state index in [1.807, 2.05) is 25.2 Å². The van der Waals surface area contributed by atoms with E-state index < -0.39 is 0 Å². The maximum absolute atomic E-state index is 13.5. The number of hydrogen-bond acceptors (Lipinski definition) is 1. The van der Waals surface area contributed by atoms with Crippen molar-refractivity contribution >= 4 is 39.1 Å². The van der Waals surface area contributed by atoms with Crippen LogP contribution in [0.1, 0.15) is 22.7 Å². The van der Waals surface area contributed by atoms with E-state index in [0.717, 1.165) is 15.6 Å². The van der Waals surface area contributed by atoms with Crippen LogP contribution in [0.5, 0.6) is 0 Å². The van der Waals surface area contributed by atoms with Crippen molar-refractivity contribution < 1.29 is 4.39 Å². The van der Waals surface area contributed by atoms with E-state index in [1.165, 1.54) is 6.07 Å². The Morgan fingerprint density at radius 1 is 1.15 bits per heavy atom. The van der Waals surface area contributed by atoms with Gasteiger partial charge in [-0.3, -0.25) is 0 Å². The predicted octanol–water partition coefficient (Wildman–Crippen LogP) is 5.51. The Bertz CT molecular complexity index is 626. The van der Waals surface area contributed by atoms with E-state index in [9.17, 15) is 4.39 Å². The quantitative estimate of drug-likeness (QED) is 0.744. The van der Waals surface area contributed by atoms with Crippen LogP contribution in [0.15, 0.2) is 34.8 Å².